The fourth-order valence-corrected chi connectivity index (χ4v) is 2.75. The number of hydrogen-bond acceptors (Lipinski definition) is 3. The molecule has 1 heterocycles. The molecule has 22 heavy (non-hydrogen) atoms. The molecule has 0 saturated carbocycles. The largest absolute Gasteiger partial charge is 0.478 e. The Hall–Kier alpha value is -2.29. The van der Waals surface area contributed by atoms with Crippen molar-refractivity contribution in [2.75, 3.05) is 0 Å². The maximum atomic E-state index is 13.2. The summed E-state index contributed by atoms with van der Waals surface area (Å²) < 4.78 is 62.2. The number of hydrogen-bond donors (Lipinski definition) is 2. The van der Waals surface area contributed by atoms with Gasteiger partial charge in [-0.15, -0.1) is 0 Å². The Balaban J connectivity index is 3.79. The molecule has 1 aliphatic heterocycles. The number of allylic oxidation sites excluding steroid dienone is 5. The third-order valence-electron chi connectivity index (χ3n) is 2.70. The summed E-state index contributed by atoms with van der Waals surface area (Å²) in [7, 11) is -3.74. The molecular weight excluding hydrogens is 323 g/mol. The van der Waals surface area contributed by atoms with E-state index in [-0.39, 0.29) is 15.6 Å². The lowest BCUT2D eigenvalue weighted by atomic mass is 9.95. The van der Waals surface area contributed by atoms with E-state index in [1.54, 1.807) is 0 Å². The molecule has 0 aromatic carbocycles. The summed E-state index contributed by atoms with van der Waals surface area (Å²) in [6, 6.07) is -2.81. The standard InChI is InChI=1S/C13H12F3NO4S/c1-3-5-8-7-9(12(18)19)11(13(14,15)16)17(22(20)21)10(8)6-4-2/h3-7,11,22H,1-2H2,(H,18,19)/b8-5-,10-6+/t11-/m0/s1. The van der Waals surface area contributed by atoms with Gasteiger partial charge in [0.2, 0.25) is 10.9 Å². The van der Waals surface area contributed by atoms with Gasteiger partial charge in [-0.3, -0.25) is 4.31 Å². The molecule has 1 atom stereocenters. The van der Waals surface area contributed by atoms with Gasteiger partial charge < -0.3 is 5.11 Å². The monoisotopic (exact) mass is 335 g/mol. The molecule has 0 aliphatic carbocycles. The van der Waals surface area contributed by atoms with Gasteiger partial charge in [0.15, 0.2) is 6.04 Å². The highest BCUT2D eigenvalue weighted by Crippen LogP contribution is 2.39. The van der Waals surface area contributed by atoms with Gasteiger partial charge >= 0.3 is 12.1 Å². The van der Waals surface area contributed by atoms with Crippen molar-refractivity contribution < 1.29 is 31.5 Å². The predicted molar refractivity (Wildman–Crippen MR) is 74.3 cm³/mol. The Bertz CT molecular complexity index is 663. The van der Waals surface area contributed by atoms with Crippen LogP contribution in [-0.4, -0.2) is 36.0 Å². The Kier molecular flexibility index (Phi) is 5.37. The van der Waals surface area contributed by atoms with E-state index in [4.69, 9.17) is 5.11 Å². The van der Waals surface area contributed by atoms with Gasteiger partial charge in [0.1, 0.15) is 0 Å². The molecular formula is C13H12F3NO4S. The molecule has 1 aliphatic rings. The van der Waals surface area contributed by atoms with Gasteiger partial charge in [0, 0.05) is 0 Å². The summed E-state index contributed by atoms with van der Waals surface area (Å²) in [5.74, 6) is -1.86. The first kappa shape index (κ1) is 17.8. The summed E-state index contributed by atoms with van der Waals surface area (Å²) >= 11 is 0. The zero-order chi connectivity index (χ0) is 17.1. The van der Waals surface area contributed by atoms with Crippen LogP contribution in [0.4, 0.5) is 13.2 Å². The Morgan fingerprint density at radius 2 is 1.82 bits per heavy atom. The van der Waals surface area contributed by atoms with Gasteiger partial charge in [0.05, 0.1) is 11.3 Å². The summed E-state index contributed by atoms with van der Waals surface area (Å²) in [5.41, 5.74) is -1.47. The molecule has 0 spiro atoms. The zero-order valence-corrected chi connectivity index (χ0v) is 12.0. The minimum absolute atomic E-state index is 0.00417. The van der Waals surface area contributed by atoms with E-state index in [0.29, 0.717) is 0 Å². The molecule has 0 bridgehead atoms. The lowest BCUT2D eigenvalue weighted by Crippen LogP contribution is -2.49. The van der Waals surface area contributed by atoms with Crippen LogP contribution in [-0.2, 0) is 15.7 Å². The number of carboxylic acid groups (broad SMARTS) is 1. The van der Waals surface area contributed by atoms with Gasteiger partial charge in [-0.25, -0.2) is 13.2 Å². The first-order valence-corrected chi connectivity index (χ1v) is 6.89. The van der Waals surface area contributed by atoms with Crippen molar-refractivity contribution in [2.45, 2.75) is 12.2 Å². The lowest BCUT2D eigenvalue weighted by Gasteiger charge is -2.35. The number of aliphatic carboxylic acids is 1. The van der Waals surface area contributed by atoms with Crippen LogP contribution in [0.2, 0.25) is 0 Å². The first-order valence-electron chi connectivity index (χ1n) is 5.76. The maximum absolute atomic E-state index is 13.2. The molecule has 0 fully saturated rings. The highest BCUT2D eigenvalue weighted by atomic mass is 32.2. The van der Waals surface area contributed by atoms with Crippen LogP contribution in [0.1, 0.15) is 0 Å². The van der Waals surface area contributed by atoms with E-state index in [9.17, 15) is 26.4 Å². The minimum Gasteiger partial charge on any atom is -0.478 e. The van der Waals surface area contributed by atoms with E-state index in [1.165, 1.54) is 12.2 Å². The zero-order valence-electron chi connectivity index (χ0n) is 11.1. The van der Waals surface area contributed by atoms with Crippen molar-refractivity contribution in [3.8, 4) is 0 Å². The summed E-state index contributed by atoms with van der Waals surface area (Å²) in [4.78, 5) is 11.1. The fourth-order valence-electron chi connectivity index (χ4n) is 1.94. The van der Waals surface area contributed by atoms with Crippen LogP contribution in [0.3, 0.4) is 0 Å². The molecule has 0 aromatic heterocycles. The number of alkyl halides is 3. The van der Waals surface area contributed by atoms with E-state index < -0.39 is 34.7 Å². The Morgan fingerprint density at radius 3 is 2.18 bits per heavy atom. The number of rotatable bonds is 4. The second-order valence-electron chi connectivity index (χ2n) is 4.08. The van der Waals surface area contributed by atoms with E-state index in [0.717, 1.165) is 18.2 Å². The van der Waals surface area contributed by atoms with Crippen LogP contribution >= 0.6 is 0 Å². The lowest BCUT2D eigenvalue weighted by molar-refractivity contribution is -0.164. The average Bonchev–Trinajstić information content (AvgIpc) is 2.38. The summed E-state index contributed by atoms with van der Waals surface area (Å²) in [5, 5.41) is 8.99. The molecule has 120 valence electrons. The minimum atomic E-state index is -5.10. The summed E-state index contributed by atoms with van der Waals surface area (Å²) in [6.07, 6.45) is 0.231. The quantitative estimate of drug-likeness (QED) is 0.770. The van der Waals surface area contributed by atoms with E-state index in [2.05, 4.69) is 13.2 Å². The molecule has 1 rings (SSSR count). The number of halogens is 3. The molecule has 5 nitrogen and oxygen atoms in total. The highest BCUT2D eigenvalue weighted by molar-refractivity contribution is 7.70. The van der Waals surface area contributed by atoms with Crippen LogP contribution < -0.4 is 0 Å². The van der Waals surface area contributed by atoms with Crippen molar-refractivity contribution in [2.24, 2.45) is 0 Å². The van der Waals surface area contributed by atoms with Crippen molar-refractivity contribution in [1.29, 1.82) is 0 Å². The van der Waals surface area contributed by atoms with Crippen LogP contribution in [0.5, 0.6) is 0 Å². The number of thiol groups is 1. The fraction of sp³-hybridized carbons (Fsp3) is 0.154. The smallest absolute Gasteiger partial charge is 0.414 e. The van der Waals surface area contributed by atoms with Crippen LogP contribution in [0, 0.1) is 0 Å². The molecule has 0 aromatic rings. The van der Waals surface area contributed by atoms with Crippen molar-refractivity contribution >= 4 is 16.9 Å². The number of carbonyl (C=O) groups is 1. The summed E-state index contributed by atoms with van der Waals surface area (Å²) in [6.45, 7) is 6.67. The average molecular weight is 335 g/mol. The van der Waals surface area contributed by atoms with Crippen molar-refractivity contribution in [3.05, 3.63) is 60.4 Å². The Labute approximate surface area is 126 Å². The maximum Gasteiger partial charge on any atom is 0.414 e. The predicted octanol–water partition coefficient (Wildman–Crippen LogP) is 1.95. The van der Waals surface area contributed by atoms with Crippen molar-refractivity contribution in [3.63, 3.8) is 0 Å². The number of carboxylic acids is 1. The molecule has 1 N–H and O–H groups in total. The molecule has 0 radical (unpaired) electrons. The van der Waals surface area contributed by atoms with Crippen LogP contribution in [0.25, 0.3) is 0 Å². The van der Waals surface area contributed by atoms with Crippen molar-refractivity contribution in [1.82, 2.24) is 4.31 Å². The molecule has 0 saturated heterocycles. The normalized spacial score (nSPS) is 22.8. The molecule has 9 heteroatoms. The third-order valence-corrected chi connectivity index (χ3v) is 3.50. The molecule has 0 amide bonds. The highest BCUT2D eigenvalue weighted by Gasteiger charge is 2.52. The SMILES string of the molecule is C=C/C=C1/C=C(C(=O)O)[C@@H](C(F)(F)F)N([SH](=O)=O)/C1=C/C=C. The third kappa shape index (κ3) is 3.48. The van der Waals surface area contributed by atoms with Crippen LogP contribution in [0.15, 0.2) is 60.4 Å². The topological polar surface area (TPSA) is 74.7 Å². The number of nitrogens with zero attached hydrogens (tertiary/aromatic N) is 1. The van der Waals surface area contributed by atoms with E-state index >= 15 is 0 Å². The van der Waals surface area contributed by atoms with Gasteiger partial charge in [-0.1, -0.05) is 31.4 Å². The Morgan fingerprint density at radius 1 is 1.27 bits per heavy atom. The second-order valence-corrected chi connectivity index (χ2v) is 4.98. The van der Waals surface area contributed by atoms with Gasteiger partial charge in [-0.2, -0.15) is 13.2 Å². The van der Waals surface area contributed by atoms with Gasteiger partial charge in [0.25, 0.3) is 0 Å². The van der Waals surface area contributed by atoms with Gasteiger partial charge in [-0.05, 0) is 17.7 Å². The first-order chi connectivity index (χ1) is 10.1. The second kappa shape index (κ2) is 6.65. The van der Waals surface area contributed by atoms with E-state index in [1.807, 2.05) is 0 Å². The molecule has 0 unspecified atom stereocenters.